The molecule has 0 radical (unpaired) electrons. The fourth-order valence-electron chi connectivity index (χ4n) is 2.23. The Labute approximate surface area is 117 Å². The minimum Gasteiger partial charge on any atom is -0.475 e. The van der Waals surface area contributed by atoms with E-state index in [1.165, 1.54) is 0 Å². The summed E-state index contributed by atoms with van der Waals surface area (Å²) < 4.78 is 0. The maximum absolute atomic E-state index is 11.9. The molecule has 3 nitrogen and oxygen atoms in total. The summed E-state index contributed by atoms with van der Waals surface area (Å²) in [5.41, 5.74) is 1.95. The Morgan fingerprint density at radius 1 is 0.800 bits per heavy atom. The fraction of sp³-hybridized carbons (Fsp3) is 0.176. The molecule has 20 heavy (non-hydrogen) atoms. The Hall–Kier alpha value is -2.42. The van der Waals surface area contributed by atoms with E-state index in [0.717, 1.165) is 11.1 Å². The van der Waals surface area contributed by atoms with Crippen LogP contribution in [0.5, 0.6) is 0 Å². The SMILES string of the molecule is O=C(O)C(=O)C(Cc1ccccc1)Cc1ccccc1. The summed E-state index contributed by atoms with van der Waals surface area (Å²) in [6.07, 6.45) is 0.891. The molecule has 0 fully saturated rings. The van der Waals surface area contributed by atoms with Crippen LogP contribution in [0.2, 0.25) is 0 Å². The summed E-state index contributed by atoms with van der Waals surface area (Å²) in [4.78, 5) is 22.8. The normalized spacial score (nSPS) is 10.4. The summed E-state index contributed by atoms with van der Waals surface area (Å²) in [7, 11) is 0. The van der Waals surface area contributed by atoms with Crippen molar-refractivity contribution in [2.45, 2.75) is 12.8 Å². The first-order valence-electron chi connectivity index (χ1n) is 6.52. The van der Waals surface area contributed by atoms with Crippen LogP contribution in [-0.2, 0) is 22.4 Å². The standard InChI is InChI=1S/C17H16O3/c18-16(17(19)20)15(11-13-7-3-1-4-8-13)12-14-9-5-2-6-10-14/h1-10,15H,11-12H2,(H,19,20). The van der Waals surface area contributed by atoms with E-state index in [1.54, 1.807) is 0 Å². The number of Topliss-reactive ketones (excluding diaryl/α,β-unsaturated/α-hetero) is 1. The summed E-state index contributed by atoms with van der Waals surface area (Å²) in [5.74, 6) is -2.61. The lowest BCUT2D eigenvalue weighted by molar-refractivity contribution is -0.151. The summed E-state index contributed by atoms with van der Waals surface area (Å²) in [6.45, 7) is 0. The van der Waals surface area contributed by atoms with Gasteiger partial charge in [-0.1, -0.05) is 60.7 Å². The Bertz CT molecular complexity index is 534. The van der Waals surface area contributed by atoms with Gasteiger partial charge in [0.05, 0.1) is 0 Å². The Kier molecular flexibility index (Phi) is 4.66. The van der Waals surface area contributed by atoms with Crippen molar-refractivity contribution in [1.29, 1.82) is 0 Å². The predicted molar refractivity (Wildman–Crippen MR) is 76.4 cm³/mol. The van der Waals surface area contributed by atoms with Crippen LogP contribution in [0.3, 0.4) is 0 Å². The molecular weight excluding hydrogens is 252 g/mol. The molecule has 3 heteroatoms. The summed E-state index contributed by atoms with van der Waals surface area (Å²) in [5, 5.41) is 8.96. The van der Waals surface area contributed by atoms with Gasteiger partial charge in [-0.05, 0) is 24.0 Å². The van der Waals surface area contributed by atoms with Crippen LogP contribution in [0.25, 0.3) is 0 Å². The first-order chi connectivity index (χ1) is 9.66. The van der Waals surface area contributed by atoms with E-state index in [2.05, 4.69) is 0 Å². The van der Waals surface area contributed by atoms with Gasteiger partial charge < -0.3 is 5.11 Å². The second-order valence-corrected chi connectivity index (χ2v) is 4.75. The maximum atomic E-state index is 11.9. The van der Waals surface area contributed by atoms with Crippen molar-refractivity contribution in [2.75, 3.05) is 0 Å². The second-order valence-electron chi connectivity index (χ2n) is 4.75. The Balaban J connectivity index is 2.17. The van der Waals surface area contributed by atoms with Crippen molar-refractivity contribution in [3.05, 3.63) is 71.8 Å². The number of rotatable bonds is 6. The molecule has 0 aliphatic carbocycles. The zero-order valence-electron chi connectivity index (χ0n) is 11.0. The first-order valence-corrected chi connectivity index (χ1v) is 6.52. The van der Waals surface area contributed by atoms with Gasteiger partial charge in [-0.25, -0.2) is 4.79 Å². The molecule has 0 atom stereocenters. The maximum Gasteiger partial charge on any atom is 0.372 e. The molecule has 0 spiro atoms. The summed E-state index contributed by atoms with van der Waals surface area (Å²) in [6, 6.07) is 19.0. The number of ketones is 1. The lowest BCUT2D eigenvalue weighted by Crippen LogP contribution is -2.27. The molecule has 0 amide bonds. The van der Waals surface area contributed by atoms with E-state index >= 15 is 0 Å². The van der Waals surface area contributed by atoms with Gasteiger partial charge in [-0.3, -0.25) is 4.79 Å². The number of hydrogen-bond donors (Lipinski definition) is 1. The van der Waals surface area contributed by atoms with Crippen LogP contribution in [0.4, 0.5) is 0 Å². The van der Waals surface area contributed by atoms with Crippen LogP contribution in [-0.4, -0.2) is 16.9 Å². The molecule has 0 heterocycles. The van der Waals surface area contributed by atoms with Crippen molar-refractivity contribution >= 4 is 11.8 Å². The van der Waals surface area contributed by atoms with E-state index in [4.69, 9.17) is 5.11 Å². The number of carbonyl (C=O) groups is 2. The highest BCUT2D eigenvalue weighted by Crippen LogP contribution is 2.16. The van der Waals surface area contributed by atoms with Gasteiger partial charge in [-0.15, -0.1) is 0 Å². The topological polar surface area (TPSA) is 54.4 Å². The van der Waals surface area contributed by atoms with Crippen LogP contribution >= 0.6 is 0 Å². The van der Waals surface area contributed by atoms with E-state index in [1.807, 2.05) is 60.7 Å². The molecule has 0 bridgehead atoms. The second kappa shape index (κ2) is 6.66. The van der Waals surface area contributed by atoms with Crippen molar-refractivity contribution < 1.29 is 14.7 Å². The number of hydrogen-bond acceptors (Lipinski definition) is 2. The van der Waals surface area contributed by atoms with Gasteiger partial charge in [0.1, 0.15) is 0 Å². The molecule has 1 N–H and O–H groups in total. The van der Waals surface area contributed by atoms with E-state index in [-0.39, 0.29) is 0 Å². The Morgan fingerprint density at radius 3 is 1.55 bits per heavy atom. The molecule has 0 unspecified atom stereocenters. The third-order valence-electron chi connectivity index (χ3n) is 3.23. The van der Waals surface area contributed by atoms with Crippen LogP contribution in [0.15, 0.2) is 60.7 Å². The van der Waals surface area contributed by atoms with Crippen molar-refractivity contribution in [3.8, 4) is 0 Å². The average molecular weight is 268 g/mol. The number of aliphatic carboxylic acids is 1. The van der Waals surface area contributed by atoms with Crippen molar-refractivity contribution in [1.82, 2.24) is 0 Å². The van der Waals surface area contributed by atoms with Gasteiger partial charge in [-0.2, -0.15) is 0 Å². The average Bonchev–Trinajstić information content (AvgIpc) is 2.48. The van der Waals surface area contributed by atoms with Crippen LogP contribution < -0.4 is 0 Å². The summed E-state index contributed by atoms with van der Waals surface area (Å²) >= 11 is 0. The molecule has 0 aromatic heterocycles. The monoisotopic (exact) mass is 268 g/mol. The van der Waals surface area contributed by atoms with Crippen molar-refractivity contribution in [2.24, 2.45) is 5.92 Å². The number of carboxylic acids is 1. The number of carbonyl (C=O) groups excluding carboxylic acids is 1. The molecule has 2 aromatic carbocycles. The minimum absolute atomic E-state index is 0.445. The lowest BCUT2D eigenvalue weighted by Gasteiger charge is -2.14. The molecular formula is C17H16O3. The smallest absolute Gasteiger partial charge is 0.372 e. The van der Waals surface area contributed by atoms with E-state index in [0.29, 0.717) is 12.8 Å². The molecule has 0 saturated carbocycles. The highest BCUT2D eigenvalue weighted by Gasteiger charge is 2.25. The quantitative estimate of drug-likeness (QED) is 0.820. The van der Waals surface area contributed by atoms with Crippen LogP contribution in [0.1, 0.15) is 11.1 Å². The van der Waals surface area contributed by atoms with Gasteiger partial charge in [0.15, 0.2) is 0 Å². The molecule has 0 saturated heterocycles. The Morgan fingerprint density at radius 2 is 1.20 bits per heavy atom. The number of benzene rings is 2. The molecule has 0 aliphatic rings. The van der Waals surface area contributed by atoms with E-state index < -0.39 is 17.7 Å². The highest BCUT2D eigenvalue weighted by atomic mass is 16.4. The van der Waals surface area contributed by atoms with E-state index in [9.17, 15) is 9.59 Å². The first kappa shape index (κ1) is 14.0. The molecule has 0 aliphatic heterocycles. The molecule has 2 aromatic rings. The third-order valence-corrected chi connectivity index (χ3v) is 3.23. The largest absolute Gasteiger partial charge is 0.475 e. The lowest BCUT2D eigenvalue weighted by atomic mass is 9.89. The molecule has 2 rings (SSSR count). The fourth-order valence-corrected chi connectivity index (χ4v) is 2.23. The van der Waals surface area contributed by atoms with Gasteiger partial charge >= 0.3 is 5.97 Å². The van der Waals surface area contributed by atoms with Gasteiger partial charge in [0.25, 0.3) is 0 Å². The third kappa shape index (κ3) is 3.79. The zero-order valence-corrected chi connectivity index (χ0v) is 11.0. The van der Waals surface area contributed by atoms with Gasteiger partial charge in [0, 0.05) is 5.92 Å². The van der Waals surface area contributed by atoms with Crippen LogP contribution in [0, 0.1) is 5.92 Å². The number of carboxylic acid groups (broad SMARTS) is 1. The van der Waals surface area contributed by atoms with Crippen molar-refractivity contribution in [3.63, 3.8) is 0 Å². The molecule has 102 valence electrons. The van der Waals surface area contributed by atoms with Gasteiger partial charge in [0.2, 0.25) is 5.78 Å². The zero-order chi connectivity index (χ0) is 14.4. The highest BCUT2D eigenvalue weighted by molar-refractivity contribution is 6.33. The predicted octanol–water partition coefficient (Wildman–Crippen LogP) is 2.74. The minimum atomic E-state index is -1.36.